The number of carbonyl (C=O) groups is 1. The minimum absolute atomic E-state index is 0.122. The number of fused-ring (bicyclic) bond motifs is 3. The molecule has 2 atom stereocenters. The molecule has 23 heavy (non-hydrogen) atoms. The van der Waals surface area contributed by atoms with Crippen LogP contribution in [0.3, 0.4) is 0 Å². The summed E-state index contributed by atoms with van der Waals surface area (Å²) in [5.41, 5.74) is 2.10. The number of thiazole rings is 1. The summed E-state index contributed by atoms with van der Waals surface area (Å²) in [6.07, 6.45) is 0.872. The maximum Gasteiger partial charge on any atom is 0.324 e. The summed E-state index contributed by atoms with van der Waals surface area (Å²) in [5.74, 6) is 7.28. The van der Waals surface area contributed by atoms with E-state index in [1.54, 1.807) is 11.8 Å². The summed E-state index contributed by atoms with van der Waals surface area (Å²) in [7, 11) is 0. The minimum Gasteiger partial charge on any atom is -0.493 e. The number of anilines is 1. The molecule has 0 aliphatic carbocycles. The first-order valence-electron chi connectivity index (χ1n) is 7.73. The van der Waals surface area contributed by atoms with Crippen LogP contribution in [-0.2, 0) is 6.42 Å². The fourth-order valence-electron chi connectivity index (χ4n) is 3.15. The van der Waals surface area contributed by atoms with Crippen LogP contribution in [0.2, 0.25) is 0 Å². The van der Waals surface area contributed by atoms with Crippen molar-refractivity contribution in [2.45, 2.75) is 26.3 Å². The van der Waals surface area contributed by atoms with Crippen molar-refractivity contribution in [1.82, 2.24) is 10.3 Å². The SMILES string of the molecule is CC#C[C@@H]1[C@H](C)CNC(=O)N1c1nc2c3c(ccc2s1)OCC3. The van der Waals surface area contributed by atoms with Crippen molar-refractivity contribution >= 4 is 32.7 Å². The molecule has 1 N–H and O–H groups in total. The Hall–Kier alpha value is -2.26. The number of aromatic nitrogens is 1. The quantitative estimate of drug-likeness (QED) is 0.820. The van der Waals surface area contributed by atoms with E-state index in [1.165, 1.54) is 11.3 Å². The number of hydrogen-bond acceptors (Lipinski definition) is 4. The van der Waals surface area contributed by atoms with Crippen LogP contribution < -0.4 is 15.0 Å². The van der Waals surface area contributed by atoms with Gasteiger partial charge in [0.1, 0.15) is 11.8 Å². The van der Waals surface area contributed by atoms with Crippen LogP contribution in [0.4, 0.5) is 9.93 Å². The summed E-state index contributed by atoms with van der Waals surface area (Å²) in [6, 6.07) is 3.75. The maximum absolute atomic E-state index is 12.4. The number of ether oxygens (including phenoxy) is 1. The number of hydrogen-bond donors (Lipinski definition) is 1. The maximum atomic E-state index is 12.4. The van der Waals surface area contributed by atoms with Crippen LogP contribution in [0, 0.1) is 17.8 Å². The Labute approximate surface area is 138 Å². The van der Waals surface area contributed by atoms with Gasteiger partial charge in [0.25, 0.3) is 0 Å². The Morgan fingerprint density at radius 3 is 3.17 bits per heavy atom. The zero-order chi connectivity index (χ0) is 16.0. The first-order chi connectivity index (χ1) is 11.2. The van der Waals surface area contributed by atoms with Crippen molar-refractivity contribution in [3.63, 3.8) is 0 Å². The van der Waals surface area contributed by atoms with E-state index >= 15 is 0 Å². The zero-order valence-electron chi connectivity index (χ0n) is 13.0. The van der Waals surface area contributed by atoms with E-state index in [1.807, 2.05) is 12.1 Å². The molecule has 2 aliphatic rings. The zero-order valence-corrected chi connectivity index (χ0v) is 13.9. The third-order valence-corrected chi connectivity index (χ3v) is 5.35. The Bertz CT molecular complexity index is 849. The second-order valence-electron chi connectivity index (χ2n) is 5.86. The van der Waals surface area contributed by atoms with Crippen LogP contribution in [0.5, 0.6) is 5.75 Å². The highest BCUT2D eigenvalue weighted by molar-refractivity contribution is 7.22. The molecular weight excluding hydrogens is 310 g/mol. The number of nitrogens with one attached hydrogen (secondary N) is 1. The average Bonchev–Trinajstić information content (AvgIpc) is 3.16. The van der Waals surface area contributed by atoms with Gasteiger partial charge in [0.15, 0.2) is 5.13 Å². The molecule has 0 saturated carbocycles. The lowest BCUT2D eigenvalue weighted by atomic mass is 9.99. The van der Waals surface area contributed by atoms with E-state index in [4.69, 9.17) is 9.72 Å². The molecule has 1 aromatic heterocycles. The fourth-order valence-corrected chi connectivity index (χ4v) is 4.18. The van der Waals surface area contributed by atoms with Gasteiger partial charge < -0.3 is 10.1 Å². The molecule has 6 heteroatoms. The number of nitrogens with zero attached hydrogens (tertiary/aromatic N) is 2. The predicted octanol–water partition coefficient (Wildman–Crippen LogP) is 2.79. The topological polar surface area (TPSA) is 54.5 Å². The van der Waals surface area contributed by atoms with E-state index in [0.717, 1.165) is 28.0 Å². The second kappa shape index (κ2) is 5.43. The van der Waals surface area contributed by atoms with Gasteiger partial charge in [0.05, 0.1) is 16.8 Å². The highest BCUT2D eigenvalue weighted by Crippen LogP contribution is 2.38. The summed E-state index contributed by atoms with van der Waals surface area (Å²) >= 11 is 1.54. The van der Waals surface area contributed by atoms with E-state index in [9.17, 15) is 4.79 Å². The van der Waals surface area contributed by atoms with Crippen molar-refractivity contribution in [3.05, 3.63) is 17.7 Å². The van der Waals surface area contributed by atoms with Crippen molar-refractivity contribution in [2.24, 2.45) is 5.92 Å². The van der Waals surface area contributed by atoms with Gasteiger partial charge in [-0.15, -0.1) is 5.92 Å². The van der Waals surface area contributed by atoms with Gasteiger partial charge in [0.2, 0.25) is 0 Å². The number of rotatable bonds is 1. The highest BCUT2D eigenvalue weighted by Gasteiger charge is 2.35. The van der Waals surface area contributed by atoms with Crippen LogP contribution in [-0.4, -0.2) is 30.2 Å². The first kappa shape index (κ1) is 14.3. The van der Waals surface area contributed by atoms with Crippen molar-refractivity contribution in [3.8, 4) is 17.6 Å². The van der Waals surface area contributed by atoms with Gasteiger partial charge in [0, 0.05) is 24.4 Å². The molecular formula is C17H17N3O2S. The Balaban J connectivity index is 1.83. The standard InChI is InChI=1S/C17H17N3O2S/c1-3-4-12-10(2)9-18-16(21)20(12)17-19-15-11-7-8-22-13(11)5-6-14(15)23-17/h5-6,10,12H,7-9H2,1-2H3,(H,18,21)/t10-,12-/m1/s1. The Kier molecular flexibility index (Phi) is 3.38. The first-order valence-corrected chi connectivity index (χ1v) is 8.55. The van der Waals surface area contributed by atoms with Gasteiger partial charge in [-0.25, -0.2) is 9.78 Å². The molecule has 2 amide bonds. The molecule has 0 radical (unpaired) electrons. The van der Waals surface area contributed by atoms with Gasteiger partial charge in [-0.3, -0.25) is 4.90 Å². The van der Waals surface area contributed by atoms with E-state index in [2.05, 4.69) is 24.1 Å². The molecule has 3 heterocycles. The number of amides is 2. The number of benzene rings is 1. The van der Waals surface area contributed by atoms with Gasteiger partial charge in [-0.1, -0.05) is 24.2 Å². The molecule has 2 aromatic rings. The van der Waals surface area contributed by atoms with Crippen LogP contribution in [0.15, 0.2) is 12.1 Å². The average molecular weight is 327 g/mol. The predicted molar refractivity (Wildman–Crippen MR) is 91.1 cm³/mol. The molecule has 0 bridgehead atoms. The van der Waals surface area contributed by atoms with E-state index in [0.29, 0.717) is 18.3 Å². The Morgan fingerprint density at radius 1 is 1.48 bits per heavy atom. The molecule has 1 fully saturated rings. The van der Waals surface area contributed by atoms with Gasteiger partial charge in [-0.05, 0) is 19.1 Å². The monoisotopic (exact) mass is 327 g/mol. The normalized spacial score (nSPS) is 23.0. The number of urea groups is 1. The smallest absolute Gasteiger partial charge is 0.324 e. The van der Waals surface area contributed by atoms with Crippen LogP contribution in [0.25, 0.3) is 10.2 Å². The molecule has 5 nitrogen and oxygen atoms in total. The summed E-state index contributed by atoms with van der Waals surface area (Å²) in [4.78, 5) is 18.9. The third kappa shape index (κ3) is 2.23. The fraction of sp³-hybridized carbons (Fsp3) is 0.412. The van der Waals surface area contributed by atoms with Crippen molar-refractivity contribution in [2.75, 3.05) is 18.1 Å². The van der Waals surface area contributed by atoms with Crippen LogP contribution in [0.1, 0.15) is 19.4 Å². The van der Waals surface area contributed by atoms with E-state index < -0.39 is 0 Å². The lowest BCUT2D eigenvalue weighted by molar-refractivity contribution is 0.234. The van der Waals surface area contributed by atoms with Gasteiger partial charge >= 0.3 is 6.03 Å². The molecule has 0 spiro atoms. The molecule has 1 aromatic carbocycles. The lowest BCUT2D eigenvalue weighted by Gasteiger charge is -2.35. The van der Waals surface area contributed by atoms with E-state index in [-0.39, 0.29) is 18.0 Å². The molecule has 2 aliphatic heterocycles. The van der Waals surface area contributed by atoms with Gasteiger partial charge in [-0.2, -0.15) is 0 Å². The second-order valence-corrected chi connectivity index (χ2v) is 6.87. The Morgan fingerprint density at radius 2 is 2.35 bits per heavy atom. The highest BCUT2D eigenvalue weighted by atomic mass is 32.1. The third-order valence-electron chi connectivity index (χ3n) is 4.33. The molecule has 1 saturated heterocycles. The summed E-state index contributed by atoms with van der Waals surface area (Å²) in [5, 5.41) is 3.63. The van der Waals surface area contributed by atoms with Crippen molar-refractivity contribution in [1.29, 1.82) is 0 Å². The summed E-state index contributed by atoms with van der Waals surface area (Å²) in [6.45, 7) is 5.25. The largest absolute Gasteiger partial charge is 0.493 e. The summed E-state index contributed by atoms with van der Waals surface area (Å²) < 4.78 is 6.69. The molecule has 118 valence electrons. The number of carbonyl (C=O) groups excluding carboxylic acids is 1. The molecule has 4 rings (SSSR count). The van der Waals surface area contributed by atoms with Crippen LogP contribution >= 0.6 is 11.3 Å². The van der Waals surface area contributed by atoms with Crippen molar-refractivity contribution < 1.29 is 9.53 Å². The molecule has 0 unspecified atom stereocenters. The minimum atomic E-state index is -0.140. The lowest BCUT2D eigenvalue weighted by Crippen LogP contribution is -2.56.